The van der Waals surface area contributed by atoms with E-state index in [0.717, 1.165) is 5.92 Å². The molecule has 2 N–H and O–H groups in total. The first-order valence-corrected chi connectivity index (χ1v) is 5.50. The van der Waals surface area contributed by atoms with E-state index in [1.807, 2.05) is 0 Å². The van der Waals surface area contributed by atoms with Gasteiger partial charge in [0.05, 0.1) is 6.04 Å². The maximum absolute atomic E-state index is 6.11. The van der Waals surface area contributed by atoms with Crippen molar-refractivity contribution in [2.24, 2.45) is 17.6 Å². The molecule has 1 aliphatic carbocycles. The molecule has 84 valence electrons. The van der Waals surface area contributed by atoms with Gasteiger partial charge in [-0.3, -0.25) is 0 Å². The second-order valence-electron chi connectivity index (χ2n) is 4.44. The van der Waals surface area contributed by atoms with Crippen LogP contribution < -0.4 is 5.73 Å². The van der Waals surface area contributed by atoms with E-state index in [1.165, 1.54) is 25.7 Å². The molecule has 0 amide bonds. The molecule has 0 aromatic heterocycles. The van der Waals surface area contributed by atoms with Crippen molar-refractivity contribution in [3.8, 4) is 0 Å². The summed E-state index contributed by atoms with van der Waals surface area (Å²) in [5.41, 5.74) is 6.11. The third-order valence-corrected chi connectivity index (χ3v) is 3.38. The Labute approximate surface area is 86.9 Å². The van der Waals surface area contributed by atoms with Gasteiger partial charge in [-0.25, -0.2) is 0 Å². The van der Waals surface area contributed by atoms with E-state index in [-0.39, 0.29) is 12.3 Å². The van der Waals surface area contributed by atoms with Gasteiger partial charge in [0.25, 0.3) is 0 Å². The molecule has 3 heteroatoms. The van der Waals surface area contributed by atoms with Crippen LogP contribution in [0.2, 0.25) is 0 Å². The zero-order valence-corrected chi connectivity index (χ0v) is 9.53. The Morgan fingerprint density at radius 3 is 2.00 bits per heavy atom. The van der Waals surface area contributed by atoms with Gasteiger partial charge in [0.1, 0.15) is 0 Å². The van der Waals surface area contributed by atoms with Crippen LogP contribution in [0, 0.1) is 11.8 Å². The molecule has 0 heterocycles. The Kier molecular flexibility index (Phi) is 4.85. The zero-order valence-electron chi connectivity index (χ0n) is 9.53. The molecule has 3 nitrogen and oxygen atoms in total. The number of rotatable bonds is 4. The van der Waals surface area contributed by atoms with E-state index >= 15 is 0 Å². The number of hydrogen-bond acceptors (Lipinski definition) is 3. The molecular formula is C11H23NO2. The molecular weight excluding hydrogens is 178 g/mol. The Balaban J connectivity index is 2.39. The van der Waals surface area contributed by atoms with Gasteiger partial charge in [0.2, 0.25) is 0 Å². The maximum Gasteiger partial charge on any atom is 0.172 e. The van der Waals surface area contributed by atoms with Crippen LogP contribution in [0.4, 0.5) is 0 Å². The van der Waals surface area contributed by atoms with E-state index in [4.69, 9.17) is 15.2 Å². The fourth-order valence-corrected chi connectivity index (χ4v) is 2.30. The molecule has 0 aliphatic heterocycles. The van der Waals surface area contributed by atoms with Gasteiger partial charge >= 0.3 is 0 Å². The lowest BCUT2D eigenvalue weighted by molar-refractivity contribution is -0.128. The van der Waals surface area contributed by atoms with E-state index in [0.29, 0.717) is 5.92 Å². The third kappa shape index (κ3) is 2.94. The molecule has 1 fully saturated rings. The Hall–Kier alpha value is -0.120. The van der Waals surface area contributed by atoms with E-state index in [2.05, 4.69) is 6.92 Å². The third-order valence-electron chi connectivity index (χ3n) is 3.38. The minimum Gasteiger partial charge on any atom is -0.354 e. The molecule has 0 spiro atoms. The highest BCUT2D eigenvalue weighted by Gasteiger charge is 2.29. The quantitative estimate of drug-likeness (QED) is 0.705. The summed E-state index contributed by atoms with van der Waals surface area (Å²) < 4.78 is 10.4. The van der Waals surface area contributed by atoms with Gasteiger partial charge in [0.15, 0.2) is 6.29 Å². The summed E-state index contributed by atoms with van der Waals surface area (Å²) in [4.78, 5) is 0. The van der Waals surface area contributed by atoms with Crippen LogP contribution in [0.1, 0.15) is 32.6 Å². The summed E-state index contributed by atoms with van der Waals surface area (Å²) in [7, 11) is 3.30. The number of methoxy groups -OCH3 is 2. The second kappa shape index (κ2) is 5.69. The van der Waals surface area contributed by atoms with Crippen LogP contribution in [0.25, 0.3) is 0 Å². The number of nitrogens with two attached hydrogens (primary N) is 1. The van der Waals surface area contributed by atoms with E-state index in [9.17, 15) is 0 Å². The monoisotopic (exact) mass is 201 g/mol. The minimum atomic E-state index is -0.242. The predicted octanol–water partition coefficient (Wildman–Crippen LogP) is 1.76. The van der Waals surface area contributed by atoms with Crippen molar-refractivity contribution >= 4 is 0 Å². The lowest BCUT2D eigenvalue weighted by Crippen LogP contribution is -2.44. The van der Waals surface area contributed by atoms with Crippen molar-refractivity contribution in [1.82, 2.24) is 0 Å². The van der Waals surface area contributed by atoms with Crippen molar-refractivity contribution in [2.45, 2.75) is 44.9 Å². The summed E-state index contributed by atoms with van der Waals surface area (Å²) >= 11 is 0. The van der Waals surface area contributed by atoms with Crippen LogP contribution in [0.5, 0.6) is 0 Å². The first-order valence-electron chi connectivity index (χ1n) is 5.50. The summed E-state index contributed by atoms with van der Waals surface area (Å²) in [6.07, 6.45) is 4.77. The normalized spacial score (nSPS) is 30.6. The molecule has 1 unspecified atom stereocenters. The average Bonchev–Trinajstić information content (AvgIpc) is 2.20. The van der Waals surface area contributed by atoms with Crippen molar-refractivity contribution in [1.29, 1.82) is 0 Å². The highest BCUT2D eigenvalue weighted by molar-refractivity contribution is 4.80. The lowest BCUT2D eigenvalue weighted by Gasteiger charge is -2.33. The molecule has 14 heavy (non-hydrogen) atoms. The predicted molar refractivity (Wildman–Crippen MR) is 56.9 cm³/mol. The average molecular weight is 201 g/mol. The highest BCUT2D eigenvalue weighted by Crippen LogP contribution is 2.31. The smallest absolute Gasteiger partial charge is 0.172 e. The second-order valence-corrected chi connectivity index (χ2v) is 4.44. The molecule has 0 radical (unpaired) electrons. The molecule has 1 aliphatic rings. The fraction of sp³-hybridized carbons (Fsp3) is 1.00. The highest BCUT2D eigenvalue weighted by atomic mass is 16.7. The Morgan fingerprint density at radius 1 is 1.07 bits per heavy atom. The maximum atomic E-state index is 6.11. The number of hydrogen-bond donors (Lipinski definition) is 1. The lowest BCUT2D eigenvalue weighted by atomic mass is 9.79. The molecule has 0 aromatic rings. The molecule has 0 aromatic carbocycles. The summed E-state index contributed by atoms with van der Waals surface area (Å²) in [5.74, 6) is 1.43. The van der Waals surface area contributed by atoms with Crippen LogP contribution in [0.15, 0.2) is 0 Å². The van der Waals surface area contributed by atoms with Crippen LogP contribution in [-0.4, -0.2) is 26.6 Å². The van der Waals surface area contributed by atoms with Gasteiger partial charge in [-0.2, -0.15) is 0 Å². The van der Waals surface area contributed by atoms with Gasteiger partial charge in [-0.1, -0.05) is 19.8 Å². The van der Waals surface area contributed by atoms with Crippen molar-refractivity contribution in [3.05, 3.63) is 0 Å². The van der Waals surface area contributed by atoms with Crippen LogP contribution in [0.3, 0.4) is 0 Å². The largest absolute Gasteiger partial charge is 0.354 e. The van der Waals surface area contributed by atoms with Crippen molar-refractivity contribution in [2.75, 3.05) is 14.2 Å². The topological polar surface area (TPSA) is 44.5 Å². The van der Waals surface area contributed by atoms with E-state index in [1.54, 1.807) is 14.2 Å². The Morgan fingerprint density at radius 2 is 1.57 bits per heavy atom. The summed E-state index contributed by atoms with van der Waals surface area (Å²) in [5, 5.41) is 0. The van der Waals surface area contributed by atoms with Gasteiger partial charge in [-0.05, 0) is 24.7 Å². The molecule has 1 atom stereocenters. The van der Waals surface area contributed by atoms with Crippen LogP contribution in [-0.2, 0) is 9.47 Å². The minimum absolute atomic E-state index is 0.0255. The standard InChI is InChI=1S/C11H23NO2/c1-8-4-6-9(7-5-8)10(12)11(13-2)14-3/h8-11H,4-7,12H2,1-3H3. The zero-order chi connectivity index (χ0) is 10.6. The molecule has 1 rings (SSSR count). The van der Waals surface area contributed by atoms with Gasteiger partial charge in [-0.15, -0.1) is 0 Å². The van der Waals surface area contributed by atoms with E-state index < -0.39 is 0 Å². The van der Waals surface area contributed by atoms with Crippen LogP contribution >= 0.6 is 0 Å². The van der Waals surface area contributed by atoms with Crippen molar-refractivity contribution < 1.29 is 9.47 Å². The molecule has 1 saturated carbocycles. The first-order chi connectivity index (χ1) is 6.69. The van der Waals surface area contributed by atoms with Gasteiger partial charge in [0, 0.05) is 14.2 Å². The fourth-order valence-electron chi connectivity index (χ4n) is 2.30. The van der Waals surface area contributed by atoms with Crippen molar-refractivity contribution in [3.63, 3.8) is 0 Å². The SMILES string of the molecule is COC(OC)C(N)C1CCC(C)CC1. The van der Waals surface area contributed by atoms with Gasteiger partial charge < -0.3 is 15.2 Å². The summed E-state index contributed by atoms with van der Waals surface area (Å²) in [6.45, 7) is 2.31. The Bertz CT molecular complexity index is 151. The molecule has 0 saturated heterocycles. The first kappa shape index (κ1) is 12.0. The number of ether oxygens (including phenoxy) is 2. The molecule has 0 bridgehead atoms. The summed E-state index contributed by atoms with van der Waals surface area (Å²) in [6, 6.07) is 0.0255.